The monoisotopic (exact) mass is 496 g/mol. The Morgan fingerprint density at radius 2 is 1.75 bits per heavy atom. The first kappa shape index (κ1) is 24.9. The molecule has 1 spiro atoms. The molecule has 2 N–H and O–H groups in total. The van der Waals surface area contributed by atoms with E-state index in [2.05, 4.69) is 22.0 Å². The molecule has 0 aliphatic carbocycles. The van der Waals surface area contributed by atoms with E-state index in [1.54, 1.807) is 6.92 Å². The van der Waals surface area contributed by atoms with E-state index < -0.39 is 28.5 Å². The van der Waals surface area contributed by atoms with Crippen LogP contribution in [0.4, 0.5) is 0 Å². The molecule has 3 aliphatic rings. The van der Waals surface area contributed by atoms with Crippen molar-refractivity contribution in [2.45, 2.75) is 69.2 Å². The van der Waals surface area contributed by atoms with Crippen molar-refractivity contribution in [3.8, 4) is 0 Å². The number of piperidine rings is 2. The van der Waals surface area contributed by atoms with Gasteiger partial charge in [0.25, 0.3) is 11.5 Å². The van der Waals surface area contributed by atoms with Crippen LogP contribution in [-0.2, 0) is 11.3 Å². The van der Waals surface area contributed by atoms with E-state index in [1.165, 1.54) is 41.7 Å². The lowest BCUT2D eigenvalue weighted by atomic mass is 9.75. The SMILES string of the molecule is C[C@]1(O)CC2(CCN(C(=O)c3ccc(CN4CCCCC4)cc3)CC2)OC[C@@H]1n1ccc(=O)[nH]c1=O. The van der Waals surface area contributed by atoms with Crippen LogP contribution in [0.1, 0.15) is 67.4 Å². The minimum atomic E-state index is -1.20. The molecule has 0 bridgehead atoms. The van der Waals surface area contributed by atoms with Crippen LogP contribution in [0.15, 0.2) is 46.1 Å². The summed E-state index contributed by atoms with van der Waals surface area (Å²) in [6, 6.07) is 8.66. The third-order valence-corrected chi connectivity index (χ3v) is 8.15. The van der Waals surface area contributed by atoms with Crippen LogP contribution in [0, 0.1) is 0 Å². The smallest absolute Gasteiger partial charge is 0.328 e. The molecule has 194 valence electrons. The highest BCUT2D eigenvalue weighted by atomic mass is 16.5. The summed E-state index contributed by atoms with van der Waals surface area (Å²) >= 11 is 0. The molecule has 1 aromatic carbocycles. The average Bonchev–Trinajstić information content (AvgIpc) is 2.86. The number of rotatable bonds is 4. The van der Waals surface area contributed by atoms with Crippen molar-refractivity contribution in [2.24, 2.45) is 0 Å². The Balaban J connectivity index is 1.19. The molecule has 0 unspecified atom stereocenters. The van der Waals surface area contributed by atoms with Gasteiger partial charge >= 0.3 is 5.69 Å². The molecule has 9 heteroatoms. The zero-order valence-corrected chi connectivity index (χ0v) is 20.9. The number of ether oxygens (including phenoxy) is 1. The van der Waals surface area contributed by atoms with E-state index in [0.717, 1.165) is 19.6 Å². The number of hydrogen-bond donors (Lipinski definition) is 2. The van der Waals surface area contributed by atoms with Crippen molar-refractivity contribution in [1.82, 2.24) is 19.4 Å². The second kappa shape index (κ2) is 9.95. The number of benzene rings is 1. The Morgan fingerprint density at radius 3 is 2.39 bits per heavy atom. The summed E-state index contributed by atoms with van der Waals surface area (Å²) in [6.45, 7) is 6.19. The summed E-state index contributed by atoms with van der Waals surface area (Å²) in [5, 5.41) is 11.3. The van der Waals surface area contributed by atoms with Gasteiger partial charge in [-0.3, -0.25) is 24.0 Å². The Labute approximate surface area is 210 Å². The Kier molecular flexibility index (Phi) is 6.89. The molecule has 3 saturated heterocycles. The number of nitrogens with one attached hydrogen (secondary N) is 1. The van der Waals surface area contributed by atoms with Crippen LogP contribution in [0.2, 0.25) is 0 Å². The second-order valence-corrected chi connectivity index (χ2v) is 10.9. The number of carbonyl (C=O) groups excluding carboxylic acids is 1. The second-order valence-electron chi connectivity index (χ2n) is 10.9. The standard InChI is InChI=1S/C27H36N4O5/c1-26(35)19-27(36-18-22(26)31-14-9-23(32)28-25(31)34)10-15-30(16-11-27)24(33)21-7-5-20(6-8-21)17-29-12-3-2-4-13-29/h5-9,14,22,35H,2-4,10-13,15-19H2,1H3,(H,28,32,34)/t22-,26-/m0/s1. The van der Waals surface area contributed by atoms with Gasteiger partial charge in [-0.15, -0.1) is 0 Å². The molecule has 0 saturated carbocycles. The maximum Gasteiger partial charge on any atom is 0.328 e. The van der Waals surface area contributed by atoms with E-state index in [9.17, 15) is 19.5 Å². The third kappa shape index (κ3) is 5.19. The van der Waals surface area contributed by atoms with Crippen molar-refractivity contribution in [3.63, 3.8) is 0 Å². The number of aromatic amines is 1. The van der Waals surface area contributed by atoms with Crippen LogP contribution in [0.5, 0.6) is 0 Å². The summed E-state index contributed by atoms with van der Waals surface area (Å²) in [6.07, 6.45) is 6.84. The van der Waals surface area contributed by atoms with Crippen molar-refractivity contribution in [2.75, 3.05) is 32.8 Å². The number of amides is 1. The summed E-state index contributed by atoms with van der Waals surface area (Å²) in [7, 11) is 0. The van der Waals surface area contributed by atoms with Gasteiger partial charge in [0.1, 0.15) is 0 Å². The highest BCUT2D eigenvalue weighted by Gasteiger charge is 2.50. The summed E-state index contributed by atoms with van der Waals surface area (Å²) < 4.78 is 7.60. The largest absolute Gasteiger partial charge is 0.388 e. The number of aliphatic hydroxyl groups is 1. The predicted molar refractivity (Wildman–Crippen MR) is 135 cm³/mol. The normalized spacial score (nSPS) is 26.7. The van der Waals surface area contributed by atoms with Gasteiger partial charge in [-0.25, -0.2) is 4.79 Å². The number of hydrogen-bond acceptors (Lipinski definition) is 6. The van der Waals surface area contributed by atoms with Crippen LogP contribution in [0.25, 0.3) is 0 Å². The fraction of sp³-hybridized carbons (Fsp3) is 0.593. The molecule has 3 aliphatic heterocycles. The van der Waals surface area contributed by atoms with Gasteiger partial charge in [-0.1, -0.05) is 18.6 Å². The molecule has 9 nitrogen and oxygen atoms in total. The van der Waals surface area contributed by atoms with E-state index in [-0.39, 0.29) is 12.5 Å². The summed E-state index contributed by atoms with van der Waals surface area (Å²) in [5.41, 5.74) is -0.840. The van der Waals surface area contributed by atoms with Gasteiger partial charge in [-0.05, 0) is 63.4 Å². The maximum absolute atomic E-state index is 13.2. The molecule has 3 fully saturated rings. The lowest BCUT2D eigenvalue weighted by molar-refractivity contribution is -0.195. The molecular formula is C27H36N4O5. The Morgan fingerprint density at radius 1 is 1.06 bits per heavy atom. The molecular weight excluding hydrogens is 460 g/mol. The zero-order chi connectivity index (χ0) is 25.3. The van der Waals surface area contributed by atoms with E-state index >= 15 is 0 Å². The first-order valence-corrected chi connectivity index (χ1v) is 13.0. The fourth-order valence-corrected chi connectivity index (χ4v) is 6.06. The molecule has 5 rings (SSSR count). The Hall–Kier alpha value is -2.75. The summed E-state index contributed by atoms with van der Waals surface area (Å²) in [4.78, 5) is 43.4. The minimum absolute atomic E-state index is 0.0228. The molecule has 2 aromatic rings. The highest BCUT2D eigenvalue weighted by molar-refractivity contribution is 5.94. The zero-order valence-electron chi connectivity index (χ0n) is 20.9. The van der Waals surface area contributed by atoms with Gasteiger partial charge in [0.05, 0.1) is 23.9 Å². The molecule has 36 heavy (non-hydrogen) atoms. The van der Waals surface area contributed by atoms with Crippen LogP contribution in [-0.4, -0.2) is 74.4 Å². The first-order chi connectivity index (χ1) is 17.2. The van der Waals surface area contributed by atoms with Crippen molar-refractivity contribution in [1.29, 1.82) is 0 Å². The van der Waals surface area contributed by atoms with Gasteiger partial charge in [0, 0.05) is 43.9 Å². The quantitative estimate of drug-likeness (QED) is 0.670. The summed E-state index contributed by atoms with van der Waals surface area (Å²) in [5.74, 6) is 0.0228. The number of aromatic nitrogens is 2. The molecule has 1 amide bonds. The van der Waals surface area contributed by atoms with E-state index in [4.69, 9.17) is 4.74 Å². The van der Waals surface area contributed by atoms with Gasteiger partial charge in [-0.2, -0.15) is 0 Å². The van der Waals surface area contributed by atoms with Crippen molar-refractivity contribution < 1.29 is 14.6 Å². The number of likely N-dealkylation sites (tertiary alicyclic amines) is 2. The van der Waals surface area contributed by atoms with Crippen molar-refractivity contribution >= 4 is 5.91 Å². The molecule has 0 radical (unpaired) electrons. The number of H-pyrrole nitrogens is 1. The first-order valence-electron chi connectivity index (χ1n) is 13.0. The van der Waals surface area contributed by atoms with Gasteiger partial charge < -0.3 is 14.7 Å². The fourth-order valence-electron chi connectivity index (χ4n) is 6.06. The van der Waals surface area contributed by atoms with Crippen molar-refractivity contribution in [3.05, 3.63) is 68.5 Å². The predicted octanol–water partition coefficient (Wildman–Crippen LogP) is 1.91. The lowest BCUT2D eigenvalue weighted by Gasteiger charge is -2.51. The van der Waals surface area contributed by atoms with Crippen LogP contribution in [0.3, 0.4) is 0 Å². The van der Waals surface area contributed by atoms with Gasteiger partial charge in [0.2, 0.25) is 0 Å². The van der Waals surface area contributed by atoms with Gasteiger partial charge in [0.15, 0.2) is 0 Å². The Bertz CT molecular complexity index is 1190. The minimum Gasteiger partial charge on any atom is -0.388 e. The van der Waals surface area contributed by atoms with Crippen LogP contribution < -0.4 is 11.2 Å². The van der Waals surface area contributed by atoms with E-state index in [1.807, 2.05) is 17.0 Å². The number of carbonyl (C=O) groups is 1. The molecule has 2 atom stereocenters. The lowest BCUT2D eigenvalue weighted by Crippen LogP contribution is -2.59. The highest BCUT2D eigenvalue weighted by Crippen LogP contribution is 2.43. The maximum atomic E-state index is 13.2. The topological polar surface area (TPSA) is 108 Å². The third-order valence-electron chi connectivity index (χ3n) is 8.15. The average molecular weight is 497 g/mol. The number of nitrogens with zero attached hydrogens (tertiary/aromatic N) is 3. The van der Waals surface area contributed by atoms with Crippen LogP contribution >= 0.6 is 0 Å². The molecule has 1 aromatic heterocycles. The van der Waals surface area contributed by atoms with E-state index in [0.29, 0.717) is 37.9 Å². The molecule has 4 heterocycles.